The first-order valence-corrected chi connectivity index (χ1v) is 9.67. The van der Waals surface area contributed by atoms with Crippen LogP contribution in [0.2, 0.25) is 0 Å². The minimum Gasteiger partial charge on any atom is -0.481 e. The quantitative estimate of drug-likeness (QED) is 0.712. The summed E-state index contributed by atoms with van der Waals surface area (Å²) < 4.78 is 1.75. The van der Waals surface area contributed by atoms with Gasteiger partial charge in [-0.25, -0.2) is 4.98 Å². The summed E-state index contributed by atoms with van der Waals surface area (Å²) in [4.78, 5) is 41.0. The molecule has 0 atom stereocenters. The Kier molecular flexibility index (Phi) is 5.12. The molecule has 0 radical (unpaired) electrons. The van der Waals surface area contributed by atoms with Crippen LogP contribution in [0.1, 0.15) is 41.0 Å². The summed E-state index contributed by atoms with van der Waals surface area (Å²) in [7, 11) is 0. The molecule has 0 unspecified atom stereocenters. The van der Waals surface area contributed by atoms with Gasteiger partial charge >= 0.3 is 5.97 Å². The van der Waals surface area contributed by atoms with Crippen molar-refractivity contribution in [3.05, 3.63) is 69.8 Å². The lowest BCUT2D eigenvalue weighted by Crippen LogP contribution is -2.24. The highest BCUT2D eigenvalue weighted by molar-refractivity contribution is 6.06. The molecule has 2 heterocycles. The van der Waals surface area contributed by atoms with Crippen LogP contribution in [0, 0.1) is 0 Å². The van der Waals surface area contributed by atoms with Crippen molar-refractivity contribution in [2.24, 2.45) is 0 Å². The van der Waals surface area contributed by atoms with Crippen molar-refractivity contribution in [2.75, 3.05) is 5.32 Å². The first-order valence-electron chi connectivity index (χ1n) is 9.67. The van der Waals surface area contributed by atoms with Crippen LogP contribution >= 0.6 is 0 Å². The van der Waals surface area contributed by atoms with E-state index in [1.54, 1.807) is 47.0 Å². The third kappa shape index (κ3) is 4.03. The van der Waals surface area contributed by atoms with E-state index in [1.807, 2.05) is 0 Å². The second-order valence-corrected chi connectivity index (χ2v) is 7.25. The fourth-order valence-corrected chi connectivity index (χ4v) is 3.70. The molecule has 148 valence electrons. The number of benzene rings is 2. The number of aliphatic carboxylic acids is 1. The van der Waals surface area contributed by atoms with Gasteiger partial charge in [-0.15, -0.1) is 0 Å². The molecular weight excluding hydrogens is 370 g/mol. The first-order chi connectivity index (χ1) is 14.0. The number of nitrogens with one attached hydrogen (secondary N) is 1. The van der Waals surface area contributed by atoms with Gasteiger partial charge in [-0.1, -0.05) is 18.6 Å². The molecule has 7 nitrogen and oxygen atoms in total. The molecule has 1 aliphatic heterocycles. The van der Waals surface area contributed by atoms with Crippen LogP contribution < -0.4 is 10.9 Å². The SMILES string of the molecule is O=C(O)Cc1cccc(NC(=O)c2ccc3c(=O)n4c(nc3c2)CCCCC4)c1. The van der Waals surface area contributed by atoms with Crippen LogP contribution in [0.5, 0.6) is 0 Å². The standard InChI is InChI=1S/C22H21N3O4/c26-20(27)12-14-5-4-6-16(11-14)23-21(28)15-8-9-17-18(13-15)24-19-7-2-1-3-10-25(19)22(17)29/h4-6,8-9,11,13H,1-3,7,10,12H2,(H,23,28)(H,26,27). The van der Waals surface area contributed by atoms with E-state index in [1.165, 1.54) is 0 Å². The van der Waals surface area contributed by atoms with Gasteiger partial charge < -0.3 is 10.4 Å². The van der Waals surface area contributed by atoms with Gasteiger partial charge in [0.05, 0.1) is 17.3 Å². The van der Waals surface area contributed by atoms with Gasteiger partial charge in [0, 0.05) is 24.2 Å². The minimum atomic E-state index is -0.931. The molecule has 0 fully saturated rings. The van der Waals surface area contributed by atoms with Gasteiger partial charge in [-0.3, -0.25) is 19.0 Å². The zero-order valence-corrected chi connectivity index (χ0v) is 15.9. The van der Waals surface area contributed by atoms with Gasteiger partial charge in [0.1, 0.15) is 5.82 Å². The first kappa shape index (κ1) is 18.9. The number of carbonyl (C=O) groups excluding carboxylic acids is 1. The number of anilines is 1. The molecule has 1 aromatic heterocycles. The summed E-state index contributed by atoms with van der Waals surface area (Å²) in [5.74, 6) is -0.491. The zero-order valence-electron chi connectivity index (χ0n) is 15.9. The van der Waals surface area contributed by atoms with Crippen LogP contribution in [-0.4, -0.2) is 26.5 Å². The predicted octanol–water partition coefficient (Wildman–Crippen LogP) is 3.00. The van der Waals surface area contributed by atoms with E-state index >= 15 is 0 Å². The average molecular weight is 391 g/mol. The molecule has 0 bridgehead atoms. The van der Waals surface area contributed by atoms with Crippen molar-refractivity contribution in [2.45, 2.75) is 38.6 Å². The lowest BCUT2D eigenvalue weighted by atomic mass is 10.1. The van der Waals surface area contributed by atoms with E-state index in [0.717, 1.165) is 31.5 Å². The zero-order chi connectivity index (χ0) is 20.4. The highest BCUT2D eigenvalue weighted by Gasteiger charge is 2.15. The van der Waals surface area contributed by atoms with Crippen LogP contribution in [0.25, 0.3) is 10.9 Å². The summed E-state index contributed by atoms with van der Waals surface area (Å²) in [6.07, 6.45) is 3.71. The molecule has 0 saturated carbocycles. The maximum Gasteiger partial charge on any atom is 0.307 e. The number of nitrogens with zero attached hydrogens (tertiary/aromatic N) is 2. The van der Waals surface area contributed by atoms with E-state index in [2.05, 4.69) is 10.3 Å². The summed E-state index contributed by atoms with van der Waals surface area (Å²) in [5.41, 5.74) is 1.98. The normalized spacial score (nSPS) is 13.5. The number of hydrogen-bond donors (Lipinski definition) is 2. The van der Waals surface area contributed by atoms with Crippen molar-refractivity contribution in [1.82, 2.24) is 9.55 Å². The van der Waals surface area contributed by atoms with Gasteiger partial charge in [0.25, 0.3) is 11.5 Å². The smallest absolute Gasteiger partial charge is 0.307 e. The number of aryl methyl sites for hydroxylation is 1. The van der Waals surface area contributed by atoms with Crippen molar-refractivity contribution < 1.29 is 14.7 Å². The molecule has 29 heavy (non-hydrogen) atoms. The van der Waals surface area contributed by atoms with Crippen molar-refractivity contribution >= 4 is 28.5 Å². The Bertz CT molecular complexity index is 1170. The molecule has 2 N–H and O–H groups in total. The van der Waals surface area contributed by atoms with Gasteiger partial charge in [-0.2, -0.15) is 0 Å². The molecule has 3 aromatic rings. The van der Waals surface area contributed by atoms with Gasteiger partial charge in [-0.05, 0) is 48.7 Å². The number of rotatable bonds is 4. The minimum absolute atomic E-state index is 0.0553. The van der Waals surface area contributed by atoms with Crippen molar-refractivity contribution in [3.8, 4) is 0 Å². The molecular formula is C22H21N3O4. The van der Waals surface area contributed by atoms with E-state index in [0.29, 0.717) is 34.3 Å². The number of fused-ring (bicyclic) bond motifs is 2. The lowest BCUT2D eigenvalue weighted by Gasteiger charge is -2.11. The van der Waals surface area contributed by atoms with Crippen LogP contribution in [0.3, 0.4) is 0 Å². The Morgan fingerprint density at radius 3 is 2.79 bits per heavy atom. The Balaban J connectivity index is 1.63. The lowest BCUT2D eigenvalue weighted by molar-refractivity contribution is -0.136. The molecule has 1 amide bonds. The van der Waals surface area contributed by atoms with Crippen LogP contribution in [0.15, 0.2) is 47.3 Å². The van der Waals surface area contributed by atoms with E-state index in [-0.39, 0.29) is 17.9 Å². The number of carbonyl (C=O) groups is 2. The number of carboxylic acids is 1. The number of hydrogen-bond acceptors (Lipinski definition) is 4. The van der Waals surface area contributed by atoms with Crippen LogP contribution in [-0.2, 0) is 24.2 Å². The summed E-state index contributed by atoms with van der Waals surface area (Å²) in [5, 5.41) is 12.2. The molecule has 1 aliphatic rings. The number of carboxylic acid groups (broad SMARTS) is 1. The third-order valence-electron chi connectivity index (χ3n) is 5.12. The van der Waals surface area contributed by atoms with E-state index in [9.17, 15) is 14.4 Å². The van der Waals surface area contributed by atoms with Crippen molar-refractivity contribution in [3.63, 3.8) is 0 Å². The summed E-state index contributed by atoms with van der Waals surface area (Å²) >= 11 is 0. The topological polar surface area (TPSA) is 101 Å². The van der Waals surface area contributed by atoms with Crippen molar-refractivity contribution in [1.29, 1.82) is 0 Å². The largest absolute Gasteiger partial charge is 0.481 e. The molecule has 0 aliphatic carbocycles. The maximum atomic E-state index is 12.8. The maximum absolute atomic E-state index is 12.8. The summed E-state index contributed by atoms with van der Waals surface area (Å²) in [6.45, 7) is 0.687. The Morgan fingerprint density at radius 1 is 1.10 bits per heavy atom. The summed E-state index contributed by atoms with van der Waals surface area (Å²) in [6, 6.07) is 11.6. The van der Waals surface area contributed by atoms with E-state index in [4.69, 9.17) is 5.11 Å². The van der Waals surface area contributed by atoms with Gasteiger partial charge in [0.15, 0.2) is 0 Å². The second kappa shape index (κ2) is 7.87. The highest BCUT2D eigenvalue weighted by Crippen LogP contribution is 2.18. The highest BCUT2D eigenvalue weighted by atomic mass is 16.4. The second-order valence-electron chi connectivity index (χ2n) is 7.25. The Hall–Kier alpha value is -3.48. The predicted molar refractivity (Wildman–Crippen MR) is 109 cm³/mol. The molecule has 0 spiro atoms. The number of aromatic nitrogens is 2. The fourth-order valence-electron chi connectivity index (χ4n) is 3.70. The Labute approximate surface area is 167 Å². The van der Waals surface area contributed by atoms with E-state index < -0.39 is 5.97 Å². The molecule has 2 aromatic carbocycles. The monoisotopic (exact) mass is 391 g/mol. The molecule has 0 saturated heterocycles. The molecule has 4 rings (SSSR count). The number of amides is 1. The van der Waals surface area contributed by atoms with Crippen LogP contribution in [0.4, 0.5) is 5.69 Å². The Morgan fingerprint density at radius 2 is 1.97 bits per heavy atom. The average Bonchev–Trinajstić information content (AvgIpc) is 2.93. The molecule has 7 heteroatoms. The third-order valence-corrected chi connectivity index (χ3v) is 5.12. The van der Waals surface area contributed by atoms with Gasteiger partial charge in [0.2, 0.25) is 0 Å². The fraction of sp³-hybridized carbons (Fsp3) is 0.273.